The smallest absolute Gasteiger partial charge is 0.245 e. The summed E-state index contributed by atoms with van der Waals surface area (Å²) in [7, 11) is 0. The van der Waals surface area contributed by atoms with E-state index in [1.54, 1.807) is 12.1 Å². The van der Waals surface area contributed by atoms with Crippen molar-refractivity contribution in [1.82, 2.24) is 36.8 Å². The Morgan fingerprint density at radius 3 is 1.80 bits per heavy atom. The highest BCUT2D eigenvalue weighted by Gasteiger charge is 2.39. The van der Waals surface area contributed by atoms with Crippen LogP contribution in [0.25, 0.3) is 0 Å². The van der Waals surface area contributed by atoms with E-state index in [-0.39, 0.29) is 56.2 Å². The molecule has 1 aromatic rings. The molecule has 75 heavy (non-hydrogen) atoms. The van der Waals surface area contributed by atoms with Crippen molar-refractivity contribution in [3.05, 3.63) is 29.8 Å². The number of hydrogen-bond acceptors (Lipinski definition) is 12. The number of phenols is 1. The SMILES string of the molecule is CCCCCCCCCCCCCCCC(=O)N[C@@H](CCSC)C(=O)NCC(=O)N[C@@H](Cc1ccc(O)cc1)C(=O)N[C@@H](CCC(N)=O)C(=O)N[C@@H](CCCCN)C(=O)N1CCC[C@H]1C(=O)N[C@@H](CC(C)C)C(N)=O. The molecule has 20 nitrogen and oxygen atoms in total. The molecule has 0 radical (unpaired) electrons. The second-order valence-electron chi connectivity index (χ2n) is 20.3. The summed E-state index contributed by atoms with van der Waals surface area (Å²) in [5.41, 5.74) is 17.3. The number of likely N-dealkylation sites (tertiary alicyclic amines) is 1. The Morgan fingerprint density at radius 1 is 0.653 bits per heavy atom. The Balaban J connectivity index is 2.17. The number of nitrogens with two attached hydrogens (primary N) is 3. The monoisotopic (exact) mass is 1070 g/mol. The molecule has 2 rings (SSSR count). The number of nitrogens with one attached hydrogen (secondary N) is 6. The van der Waals surface area contributed by atoms with Crippen LogP contribution in [0.4, 0.5) is 0 Å². The van der Waals surface area contributed by atoms with Gasteiger partial charge in [-0.2, -0.15) is 11.8 Å². The van der Waals surface area contributed by atoms with Gasteiger partial charge in [-0.15, -0.1) is 0 Å². The lowest BCUT2D eigenvalue weighted by Gasteiger charge is -2.31. The molecule has 21 heteroatoms. The molecule has 0 spiro atoms. The second-order valence-corrected chi connectivity index (χ2v) is 21.3. The molecule has 424 valence electrons. The minimum atomic E-state index is -1.45. The van der Waals surface area contributed by atoms with Crippen molar-refractivity contribution < 1.29 is 48.3 Å². The predicted molar refractivity (Wildman–Crippen MR) is 293 cm³/mol. The number of unbranched alkanes of at least 4 members (excludes halogenated alkanes) is 13. The molecular formula is C54H92N10O10S. The highest BCUT2D eigenvalue weighted by atomic mass is 32.2. The number of primary amides is 2. The van der Waals surface area contributed by atoms with Gasteiger partial charge in [0.25, 0.3) is 0 Å². The number of aromatic hydroxyl groups is 1. The van der Waals surface area contributed by atoms with Gasteiger partial charge in [-0.1, -0.05) is 110 Å². The summed E-state index contributed by atoms with van der Waals surface area (Å²) in [6, 6.07) is -0.907. The number of benzene rings is 1. The number of rotatable bonds is 41. The first kappa shape index (κ1) is 65.7. The van der Waals surface area contributed by atoms with Gasteiger partial charge in [-0.3, -0.25) is 43.2 Å². The van der Waals surface area contributed by atoms with Crippen LogP contribution in [0.15, 0.2) is 24.3 Å². The van der Waals surface area contributed by atoms with Crippen LogP contribution in [0, 0.1) is 5.92 Å². The summed E-state index contributed by atoms with van der Waals surface area (Å²) in [5.74, 6) is -5.30. The van der Waals surface area contributed by atoms with Gasteiger partial charge in [-0.25, -0.2) is 0 Å². The molecule has 1 aromatic carbocycles. The van der Waals surface area contributed by atoms with Crippen molar-refractivity contribution in [3.8, 4) is 5.75 Å². The largest absolute Gasteiger partial charge is 0.508 e. The van der Waals surface area contributed by atoms with Crippen molar-refractivity contribution in [2.75, 3.05) is 31.6 Å². The van der Waals surface area contributed by atoms with E-state index in [4.69, 9.17) is 17.2 Å². The molecule has 0 aliphatic carbocycles. The summed E-state index contributed by atoms with van der Waals surface area (Å²) in [6.45, 7) is 5.92. The van der Waals surface area contributed by atoms with E-state index < -0.39 is 90.1 Å². The fourth-order valence-corrected chi connectivity index (χ4v) is 9.50. The number of amides is 9. The van der Waals surface area contributed by atoms with E-state index in [2.05, 4.69) is 38.8 Å². The van der Waals surface area contributed by atoms with Gasteiger partial charge in [0.1, 0.15) is 42.0 Å². The molecule has 1 heterocycles. The van der Waals surface area contributed by atoms with Crippen molar-refractivity contribution in [2.45, 2.75) is 211 Å². The molecule has 1 fully saturated rings. The van der Waals surface area contributed by atoms with Crippen LogP contribution in [0.1, 0.15) is 174 Å². The third kappa shape index (κ3) is 27.8. The molecule has 0 unspecified atom stereocenters. The number of thioether (sulfide) groups is 1. The first-order chi connectivity index (χ1) is 35.9. The molecule has 6 atom stereocenters. The highest BCUT2D eigenvalue weighted by Crippen LogP contribution is 2.22. The van der Waals surface area contributed by atoms with E-state index in [0.29, 0.717) is 62.8 Å². The zero-order valence-electron chi connectivity index (χ0n) is 45.4. The van der Waals surface area contributed by atoms with Crippen molar-refractivity contribution in [2.24, 2.45) is 23.1 Å². The lowest BCUT2D eigenvalue weighted by molar-refractivity contribution is -0.142. The standard InChI is InChI=1S/C54H92N10O10S/c1-5-6-7-8-9-10-11-12-13-14-15-16-17-23-47(67)59-41(30-33-75-4)50(70)58-36-48(68)60-44(35-38-24-26-39(65)27-25-38)52(72)61-40(28-29-46(56)66)51(71)62-42(21-18-19-31-55)54(74)64-32-20-22-45(64)53(73)63-43(49(57)69)34-37(2)3/h24-27,37,40-45,65H,5-23,28-36,55H2,1-4H3,(H2,56,66)(H2,57,69)(H,58,70)(H,59,67)(H,60,68)(H,61,72)(H,62,71)(H,63,73)/t40-,41-,42-,43-,44-,45-/m0/s1. The fourth-order valence-electron chi connectivity index (χ4n) is 9.03. The zero-order chi connectivity index (χ0) is 55.5. The topological polar surface area (TPSA) is 327 Å². The third-order valence-electron chi connectivity index (χ3n) is 13.3. The van der Waals surface area contributed by atoms with E-state index in [1.165, 1.54) is 86.6 Å². The lowest BCUT2D eigenvalue weighted by atomic mass is 10.0. The molecule has 0 bridgehead atoms. The summed E-state index contributed by atoms with van der Waals surface area (Å²) in [4.78, 5) is 122. The zero-order valence-corrected chi connectivity index (χ0v) is 46.2. The summed E-state index contributed by atoms with van der Waals surface area (Å²) in [6.07, 6.45) is 19.1. The van der Waals surface area contributed by atoms with E-state index in [9.17, 15) is 48.3 Å². The van der Waals surface area contributed by atoms with Gasteiger partial charge in [-0.05, 0) is 100.0 Å². The van der Waals surface area contributed by atoms with Crippen LogP contribution in [-0.4, -0.2) is 131 Å². The molecule has 9 amide bonds. The third-order valence-corrected chi connectivity index (χ3v) is 13.9. The van der Waals surface area contributed by atoms with E-state index in [1.807, 2.05) is 20.1 Å². The van der Waals surface area contributed by atoms with Crippen molar-refractivity contribution in [3.63, 3.8) is 0 Å². The van der Waals surface area contributed by atoms with Crippen LogP contribution < -0.4 is 49.1 Å². The van der Waals surface area contributed by atoms with Gasteiger partial charge in [0.05, 0.1) is 6.54 Å². The number of phenolic OH excluding ortho intramolecular Hbond substituents is 1. The number of hydrogen-bond donors (Lipinski definition) is 10. The van der Waals surface area contributed by atoms with Gasteiger partial charge in [0.2, 0.25) is 53.2 Å². The van der Waals surface area contributed by atoms with Crippen LogP contribution in [0.3, 0.4) is 0 Å². The summed E-state index contributed by atoms with van der Waals surface area (Å²) in [5, 5.41) is 26.0. The fraction of sp³-hybridized carbons (Fsp3) is 0.722. The molecule has 1 aliphatic rings. The van der Waals surface area contributed by atoms with E-state index in [0.717, 1.165) is 19.3 Å². The number of nitrogens with zero attached hydrogens (tertiary/aromatic N) is 1. The van der Waals surface area contributed by atoms with Gasteiger partial charge in [0, 0.05) is 25.8 Å². The molecule has 0 aromatic heterocycles. The highest BCUT2D eigenvalue weighted by molar-refractivity contribution is 7.98. The Morgan fingerprint density at radius 2 is 1.23 bits per heavy atom. The Kier molecular flexibility index (Phi) is 33.4. The Bertz CT molecular complexity index is 1930. The van der Waals surface area contributed by atoms with Gasteiger partial charge >= 0.3 is 0 Å². The lowest BCUT2D eigenvalue weighted by Crippen LogP contribution is -2.59. The number of carbonyl (C=O) groups excluding carboxylic acids is 9. The Labute approximate surface area is 449 Å². The molecule has 0 saturated carbocycles. The Hall–Kier alpha value is -5.44. The average molecular weight is 1070 g/mol. The summed E-state index contributed by atoms with van der Waals surface area (Å²) < 4.78 is 0. The first-order valence-corrected chi connectivity index (χ1v) is 28.9. The molecule has 13 N–H and O–H groups in total. The molecular weight excluding hydrogens is 981 g/mol. The predicted octanol–water partition coefficient (Wildman–Crippen LogP) is 3.63. The van der Waals surface area contributed by atoms with Crippen molar-refractivity contribution >= 4 is 64.9 Å². The number of carbonyl (C=O) groups is 9. The normalized spacial score (nSPS) is 15.2. The second kappa shape index (κ2) is 38.2. The van der Waals surface area contributed by atoms with Gasteiger partial charge in [0.15, 0.2) is 0 Å². The minimum absolute atomic E-state index is 0.0407. The van der Waals surface area contributed by atoms with Crippen LogP contribution in [-0.2, 0) is 49.6 Å². The van der Waals surface area contributed by atoms with Crippen LogP contribution >= 0.6 is 11.8 Å². The van der Waals surface area contributed by atoms with E-state index >= 15 is 0 Å². The van der Waals surface area contributed by atoms with Crippen LogP contribution in [0.5, 0.6) is 5.75 Å². The van der Waals surface area contributed by atoms with Gasteiger partial charge < -0.3 is 59.1 Å². The maximum Gasteiger partial charge on any atom is 0.245 e. The van der Waals surface area contributed by atoms with Crippen LogP contribution in [0.2, 0.25) is 0 Å². The maximum absolute atomic E-state index is 14.3. The minimum Gasteiger partial charge on any atom is -0.508 e. The quantitative estimate of drug-likeness (QED) is 0.0421. The maximum atomic E-state index is 14.3. The molecule has 1 aliphatic heterocycles. The average Bonchev–Trinajstić information content (AvgIpc) is 3.87. The van der Waals surface area contributed by atoms with Crippen molar-refractivity contribution in [1.29, 1.82) is 0 Å². The first-order valence-electron chi connectivity index (χ1n) is 27.5. The molecule has 1 saturated heterocycles. The summed E-state index contributed by atoms with van der Waals surface area (Å²) >= 11 is 1.51.